The van der Waals surface area contributed by atoms with Crippen molar-refractivity contribution in [3.63, 3.8) is 0 Å². The minimum absolute atomic E-state index is 0.0490. The van der Waals surface area contributed by atoms with Gasteiger partial charge in [0.05, 0.1) is 12.0 Å². The van der Waals surface area contributed by atoms with Gasteiger partial charge in [-0.2, -0.15) is 0 Å². The van der Waals surface area contributed by atoms with E-state index in [-0.39, 0.29) is 11.2 Å². The van der Waals surface area contributed by atoms with E-state index in [1.165, 1.54) is 17.7 Å². The van der Waals surface area contributed by atoms with Crippen LogP contribution in [-0.4, -0.2) is 54.8 Å². The van der Waals surface area contributed by atoms with Gasteiger partial charge in [-0.3, -0.25) is 4.79 Å². The second kappa shape index (κ2) is 9.07. The van der Waals surface area contributed by atoms with E-state index in [0.29, 0.717) is 30.9 Å². The first-order valence-corrected chi connectivity index (χ1v) is 12.1. The quantitative estimate of drug-likeness (QED) is 0.563. The molecule has 176 valence electrons. The summed E-state index contributed by atoms with van der Waals surface area (Å²) in [6, 6.07) is 17.5. The summed E-state index contributed by atoms with van der Waals surface area (Å²) >= 11 is 0. The predicted octanol–water partition coefficient (Wildman–Crippen LogP) is 4.30. The van der Waals surface area contributed by atoms with Crippen molar-refractivity contribution >= 4 is 5.97 Å². The zero-order chi connectivity index (χ0) is 22.9. The number of nitrogens with one attached hydrogen (secondary N) is 1. The Morgan fingerprint density at radius 2 is 1.85 bits per heavy atom. The number of aliphatic carboxylic acids is 1. The van der Waals surface area contributed by atoms with Gasteiger partial charge in [0.15, 0.2) is 0 Å². The van der Waals surface area contributed by atoms with Gasteiger partial charge in [-0.25, -0.2) is 4.39 Å². The van der Waals surface area contributed by atoms with Crippen LogP contribution in [-0.2, 0) is 4.79 Å². The van der Waals surface area contributed by atoms with Crippen LogP contribution < -0.4 is 10.1 Å². The van der Waals surface area contributed by atoms with Crippen LogP contribution in [0.3, 0.4) is 0 Å². The lowest BCUT2D eigenvalue weighted by Gasteiger charge is -2.42. The molecule has 2 N–H and O–H groups in total. The number of rotatable bonds is 10. The van der Waals surface area contributed by atoms with Crippen LogP contribution in [0.2, 0.25) is 0 Å². The van der Waals surface area contributed by atoms with Crippen LogP contribution in [0.5, 0.6) is 5.75 Å². The largest absolute Gasteiger partial charge is 0.493 e. The monoisotopic (exact) mass is 452 g/mol. The topological polar surface area (TPSA) is 61.8 Å². The number of benzene rings is 2. The third-order valence-electron chi connectivity index (χ3n) is 7.85. The minimum Gasteiger partial charge on any atom is -0.493 e. The lowest BCUT2D eigenvalue weighted by molar-refractivity contribution is -0.144. The highest BCUT2D eigenvalue weighted by atomic mass is 19.1. The second-order valence-electron chi connectivity index (χ2n) is 10.3. The molecule has 2 aromatic rings. The molecule has 1 heterocycles. The van der Waals surface area contributed by atoms with Gasteiger partial charge in [0.2, 0.25) is 0 Å². The summed E-state index contributed by atoms with van der Waals surface area (Å²) in [6.07, 6.45) is 4.60. The molecule has 33 heavy (non-hydrogen) atoms. The van der Waals surface area contributed by atoms with E-state index in [9.17, 15) is 14.3 Å². The fourth-order valence-electron chi connectivity index (χ4n) is 5.21. The summed E-state index contributed by atoms with van der Waals surface area (Å²) in [6.45, 7) is 3.78. The third kappa shape index (κ3) is 5.22. The highest BCUT2D eigenvalue weighted by Gasteiger charge is 2.52. The molecule has 0 spiro atoms. The number of carboxylic acid groups (broad SMARTS) is 1. The Morgan fingerprint density at radius 1 is 1.09 bits per heavy atom. The van der Waals surface area contributed by atoms with Crippen molar-refractivity contribution in [1.29, 1.82) is 0 Å². The first-order chi connectivity index (χ1) is 16.0. The average Bonchev–Trinajstić information content (AvgIpc) is 3.75. The molecule has 0 bridgehead atoms. The first kappa shape index (κ1) is 22.4. The summed E-state index contributed by atoms with van der Waals surface area (Å²) in [4.78, 5) is 13.9. The predicted molar refractivity (Wildman–Crippen MR) is 125 cm³/mol. The lowest BCUT2D eigenvalue weighted by Crippen LogP contribution is -2.50. The fraction of sp³-hybridized carbons (Fsp3) is 0.519. The number of carboxylic acids is 1. The number of carbonyl (C=O) groups is 1. The summed E-state index contributed by atoms with van der Waals surface area (Å²) in [5.41, 5.74) is 0.818. The molecule has 5 nitrogen and oxygen atoms in total. The van der Waals surface area contributed by atoms with Gasteiger partial charge in [0.1, 0.15) is 11.6 Å². The fourth-order valence-corrected chi connectivity index (χ4v) is 5.21. The Morgan fingerprint density at radius 3 is 2.52 bits per heavy atom. The van der Waals surface area contributed by atoms with Gasteiger partial charge in [-0.1, -0.05) is 36.4 Å². The summed E-state index contributed by atoms with van der Waals surface area (Å²) in [7, 11) is 0. The number of ether oxygens (including phenoxy) is 1. The Bertz CT molecular complexity index is 970. The van der Waals surface area contributed by atoms with Crippen molar-refractivity contribution in [2.45, 2.75) is 44.1 Å². The van der Waals surface area contributed by atoms with Crippen molar-refractivity contribution in [1.82, 2.24) is 10.2 Å². The first-order valence-electron chi connectivity index (χ1n) is 12.1. The normalized spacial score (nSPS) is 25.4. The summed E-state index contributed by atoms with van der Waals surface area (Å²) < 4.78 is 19.7. The van der Waals surface area contributed by atoms with Gasteiger partial charge in [0, 0.05) is 36.5 Å². The lowest BCUT2D eigenvalue weighted by atomic mass is 9.78. The zero-order valence-corrected chi connectivity index (χ0v) is 19.0. The van der Waals surface area contributed by atoms with Gasteiger partial charge >= 0.3 is 5.97 Å². The average molecular weight is 453 g/mol. The number of halogens is 1. The van der Waals surface area contributed by atoms with E-state index in [1.807, 2.05) is 0 Å². The number of nitrogens with zero attached hydrogens (tertiary/aromatic N) is 1. The van der Waals surface area contributed by atoms with Crippen LogP contribution in [0.4, 0.5) is 4.39 Å². The van der Waals surface area contributed by atoms with Crippen LogP contribution in [0.25, 0.3) is 0 Å². The van der Waals surface area contributed by atoms with Crippen LogP contribution in [0, 0.1) is 16.6 Å². The number of hydrogen-bond donors (Lipinski definition) is 2. The number of piperidine rings is 1. The zero-order valence-electron chi connectivity index (χ0n) is 19.0. The highest BCUT2D eigenvalue weighted by molar-refractivity contribution is 5.78. The molecule has 2 saturated carbocycles. The van der Waals surface area contributed by atoms with Crippen molar-refractivity contribution in [2.24, 2.45) is 10.8 Å². The Hall–Kier alpha value is -2.44. The van der Waals surface area contributed by atoms with Crippen LogP contribution >= 0.6 is 0 Å². The molecule has 6 heteroatoms. The van der Waals surface area contributed by atoms with Gasteiger partial charge in [-0.05, 0) is 62.9 Å². The second-order valence-corrected chi connectivity index (χ2v) is 10.3. The Labute approximate surface area is 194 Å². The van der Waals surface area contributed by atoms with E-state index in [1.54, 1.807) is 12.1 Å². The SMILES string of the molecule is O=C(O)C1(CN2CCC(CNC3CC3c3ccccc3)(COc3cccc(F)c3)CC2)CC1. The Kier molecular flexibility index (Phi) is 6.14. The smallest absolute Gasteiger partial charge is 0.310 e. The van der Waals surface area contributed by atoms with Crippen molar-refractivity contribution < 1.29 is 19.0 Å². The maximum absolute atomic E-state index is 13.6. The maximum atomic E-state index is 13.6. The Balaban J connectivity index is 1.21. The molecule has 0 radical (unpaired) electrons. The standard InChI is InChI=1S/C27H33FN2O3/c28-21-7-4-8-22(15-21)33-19-26(17-29-24-16-23(24)20-5-2-1-3-6-20)11-13-30(14-12-26)18-27(9-10-27)25(31)32/h1-8,15,23-24,29H,9-14,16-19H2,(H,31,32). The summed E-state index contributed by atoms with van der Waals surface area (Å²) in [5.74, 6) is 0.184. The molecular weight excluding hydrogens is 419 g/mol. The highest BCUT2D eigenvalue weighted by Crippen LogP contribution is 2.47. The number of likely N-dealkylation sites (tertiary alicyclic amines) is 1. The molecule has 0 amide bonds. The minimum atomic E-state index is -0.656. The molecule has 1 aliphatic heterocycles. The molecule has 2 unspecified atom stereocenters. The van der Waals surface area contributed by atoms with Crippen molar-refractivity contribution in [2.75, 3.05) is 32.8 Å². The van der Waals surface area contributed by atoms with E-state index < -0.39 is 11.4 Å². The molecule has 1 saturated heterocycles. The molecular formula is C27H33FN2O3. The third-order valence-corrected chi connectivity index (χ3v) is 7.85. The summed E-state index contributed by atoms with van der Waals surface area (Å²) in [5, 5.41) is 13.3. The number of hydrogen-bond acceptors (Lipinski definition) is 4. The van der Waals surface area contributed by atoms with E-state index >= 15 is 0 Å². The van der Waals surface area contributed by atoms with E-state index in [4.69, 9.17) is 4.74 Å². The molecule has 3 fully saturated rings. The van der Waals surface area contributed by atoms with Gasteiger partial charge in [-0.15, -0.1) is 0 Å². The molecule has 0 aromatic heterocycles. The van der Waals surface area contributed by atoms with E-state index in [2.05, 4.69) is 40.5 Å². The van der Waals surface area contributed by atoms with Crippen LogP contribution in [0.15, 0.2) is 54.6 Å². The molecule has 3 aliphatic rings. The maximum Gasteiger partial charge on any atom is 0.310 e. The van der Waals surface area contributed by atoms with Gasteiger partial charge < -0.3 is 20.1 Å². The van der Waals surface area contributed by atoms with Crippen molar-refractivity contribution in [3.8, 4) is 5.75 Å². The molecule has 2 aliphatic carbocycles. The molecule has 5 rings (SSSR count). The molecule has 2 atom stereocenters. The van der Waals surface area contributed by atoms with Crippen LogP contribution in [0.1, 0.15) is 43.6 Å². The molecule has 2 aromatic carbocycles. The van der Waals surface area contributed by atoms with Crippen molar-refractivity contribution in [3.05, 3.63) is 66.0 Å². The van der Waals surface area contributed by atoms with E-state index in [0.717, 1.165) is 51.7 Å². The van der Waals surface area contributed by atoms with Gasteiger partial charge in [0.25, 0.3) is 0 Å².